The molecule has 0 bridgehead atoms. The van der Waals surface area contributed by atoms with Crippen molar-refractivity contribution in [2.24, 2.45) is 0 Å². The largest absolute Gasteiger partial charge is 0.455 e. The van der Waals surface area contributed by atoms with Gasteiger partial charge in [0, 0.05) is 14.1 Å². The third-order valence-corrected chi connectivity index (χ3v) is 3.24. The van der Waals surface area contributed by atoms with Crippen molar-refractivity contribution in [3.63, 3.8) is 0 Å². The Morgan fingerprint density at radius 1 is 1.40 bits per heavy atom. The number of carbonyl (C=O) groups is 1. The highest BCUT2D eigenvalue weighted by Crippen LogP contribution is 2.34. The first-order chi connectivity index (χ1) is 9.40. The van der Waals surface area contributed by atoms with E-state index in [4.69, 9.17) is 4.74 Å². The number of alkyl halides is 3. The monoisotopic (exact) mass is 347 g/mol. The van der Waals surface area contributed by atoms with Gasteiger partial charge in [0.05, 0.1) is 5.57 Å². The van der Waals surface area contributed by atoms with Crippen molar-refractivity contribution in [3.8, 4) is 5.75 Å². The van der Waals surface area contributed by atoms with E-state index in [1.807, 2.05) is 0 Å². The first-order valence-corrected chi connectivity index (χ1v) is 6.63. The van der Waals surface area contributed by atoms with Crippen LogP contribution in [-0.2, 0) is 9.53 Å². The lowest BCUT2D eigenvalue weighted by Crippen LogP contribution is -2.13. The van der Waals surface area contributed by atoms with E-state index in [1.54, 1.807) is 31.1 Å². The van der Waals surface area contributed by atoms with Crippen LogP contribution in [-0.4, -0.2) is 36.4 Å². The van der Waals surface area contributed by atoms with Gasteiger partial charge in [0.2, 0.25) is 16.7 Å². The Hall–Kier alpha value is -1.63. The number of halogens is 3. The topological polar surface area (TPSA) is 38.8 Å². The number of Topliss-reactive ketones (excluding diaryl/α,β-unsaturated/α-hetero) is 1. The predicted octanol–water partition coefficient (Wildman–Crippen LogP) is 2.84. The lowest BCUT2D eigenvalue weighted by molar-refractivity contribution is -0.116. The highest BCUT2D eigenvalue weighted by molar-refractivity contribution is 9.09. The van der Waals surface area contributed by atoms with Gasteiger partial charge in [-0.15, -0.1) is 0 Å². The maximum Gasteiger partial charge on any atom is 0.387 e. The summed E-state index contributed by atoms with van der Waals surface area (Å²) in [5, 5.41) is -0.769. The van der Waals surface area contributed by atoms with E-state index in [2.05, 4.69) is 20.7 Å². The molecule has 0 saturated carbocycles. The second kappa shape index (κ2) is 5.78. The van der Waals surface area contributed by atoms with Crippen molar-refractivity contribution in [1.29, 1.82) is 0 Å². The fraction of sp³-hybridized carbons (Fsp3) is 0.308. The highest BCUT2D eigenvalue weighted by atomic mass is 79.9. The fourth-order valence-corrected chi connectivity index (χ4v) is 2.26. The van der Waals surface area contributed by atoms with E-state index in [0.717, 1.165) is 0 Å². The molecule has 4 nitrogen and oxygen atoms in total. The van der Waals surface area contributed by atoms with Gasteiger partial charge in [-0.25, -0.2) is 0 Å². The zero-order valence-electron chi connectivity index (χ0n) is 10.8. The number of nitrogens with zero attached hydrogens (tertiary/aromatic N) is 1. The average Bonchev–Trinajstić information content (AvgIpc) is 2.66. The van der Waals surface area contributed by atoms with Crippen LogP contribution in [0.15, 0.2) is 30.1 Å². The summed E-state index contributed by atoms with van der Waals surface area (Å²) in [6, 6.07) is 5.97. The molecule has 1 aromatic carbocycles. The summed E-state index contributed by atoms with van der Waals surface area (Å²) in [6.45, 7) is -2.91. The van der Waals surface area contributed by atoms with E-state index < -0.39 is 11.6 Å². The Bertz CT molecular complexity index is 560. The van der Waals surface area contributed by atoms with Gasteiger partial charge in [0.15, 0.2) is 0 Å². The summed E-state index contributed by atoms with van der Waals surface area (Å²) in [6.07, 6.45) is 0. The quantitative estimate of drug-likeness (QED) is 0.785. The second-order valence-electron chi connectivity index (χ2n) is 4.28. The normalized spacial score (nSPS) is 18.5. The zero-order valence-corrected chi connectivity index (χ0v) is 12.4. The van der Waals surface area contributed by atoms with Crippen LogP contribution in [0, 0.1) is 0 Å². The Kier molecular flexibility index (Phi) is 4.27. The van der Waals surface area contributed by atoms with Gasteiger partial charge in [-0.05, 0) is 33.6 Å². The standard InChI is InChI=1S/C13H12BrF2NO3/c1-17(2)12-9(10(18)11(14)20-12)7-4-3-5-8(6-7)19-13(15)16/h3-6,11,13H,1-2H3. The van der Waals surface area contributed by atoms with Crippen LogP contribution in [0.2, 0.25) is 0 Å². The second-order valence-corrected chi connectivity index (χ2v) is 5.11. The van der Waals surface area contributed by atoms with E-state index in [-0.39, 0.29) is 11.5 Å². The number of benzene rings is 1. The molecule has 1 aliphatic heterocycles. The minimum Gasteiger partial charge on any atom is -0.455 e. The van der Waals surface area contributed by atoms with Gasteiger partial charge in [0.25, 0.3) is 0 Å². The number of hydrogen-bond donors (Lipinski definition) is 0. The fourth-order valence-electron chi connectivity index (χ4n) is 1.85. The van der Waals surface area contributed by atoms with Crippen LogP contribution in [0.4, 0.5) is 8.78 Å². The molecule has 1 unspecified atom stereocenters. The van der Waals surface area contributed by atoms with Crippen molar-refractivity contribution in [1.82, 2.24) is 4.90 Å². The molecule has 1 aliphatic rings. The van der Waals surface area contributed by atoms with E-state index >= 15 is 0 Å². The molecule has 0 spiro atoms. The molecule has 0 radical (unpaired) electrons. The van der Waals surface area contributed by atoms with E-state index in [0.29, 0.717) is 17.0 Å². The number of hydrogen-bond acceptors (Lipinski definition) is 4. The zero-order chi connectivity index (χ0) is 14.9. The molecule has 108 valence electrons. The molecule has 0 N–H and O–H groups in total. The lowest BCUT2D eigenvalue weighted by Gasteiger charge is -2.15. The van der Waals surface area contributed by atoms with E-state index in [9.17, 15) is 13.6 Å². The van der Waals surface area contributed by atoms with Crippen LogP contribution in [0.3, 0.4) is 0 Å². The van der Waals surface area contributed by atoms with Crippen molar-refractivity contribution in [2.45, 2.75) is 11.6 Å². The van der Waals surface area contributed by atoms with Crippen LogP contribution < -0.4 is 4.74 Å². The third kappa shape index (κ3) is 2.92. The molecule has 0 aromatic heterocycles. The van der Waals surface area contributed by atoms with Crippen molar-refractivity contribution in [2.75, 3.05) is 14.1 Å². The Labute approximate surface area is 123 Å². The van der Waals surface area contributed by atoms with Crippen LogP contribution >= 0.6 is 15.9 Å². The highest BCUT2D eigenvalue weighted by Gasteiger charge is 2.35. The minimum absolute atomic E-state index is 0.00562. The molecule has 0 aliphatic carbocycles. The molecule has 0 fully saturated rings. The molecule has 1 heterocycles. The Balaban J connectivity index is 2.43. The smallest absolute Gasteiger partial charge is 0.387 e. The van der Waals surface area contributed by atoms with Gasteiger partial charge < -0.3 is 14.4 Å². The van der Waals surface area contributed by atoms with Crippen LogP contribution in [0.25, 0.3) is 5.57 Å². The molecule has 1 aromatic rings. The van der Waals surface area contributed by atoms with E-state index in [1.165, 1.54) is 12.1 Å². The summed E-state index contributed by atoms with van der Waals surface area (Å²) >= 11 is 3.12. The molecule has 1 atom stereocenters. The van der Waals surface area contributed by atoms with Crippen LogP contribution in [0.1, 0.15) is 5.56 Å². The maximum absolute atomic E-state index is 12.2. The number of rotatable bonds is 4. The van der Waals surface area contributed by atoms with Crippen molar-refractivity contribution >= 4 is 27.3 Å². The third-order valence-electron chi connectivity index (χ3n) is 2.64. The molecule has 20 heavy (non-hydrogen) atoms. The number of ketones is 1. The number of carbonyl (C=O) groups excluding carboxylic acids is 1. The molecular formula is C13H12BrF2NO3. The Morgan fingerprint density at radius 2 is 2.10 bits per heavy atom. The summed E-state index contributed by atoms with van der Waals surface area (Å²) in [5.74, 6) is 0.114. The SMILES string of the molecule is CN(C)C1=C(c2cccc(OC(F)F)c2)C(=O)C(Br)O1. The summed E-state index contributed by atoms with van der Waals surface area (Å²) in [5.41, 5.74) is 0.801. The van der Waals surface area contributed by atoms with Gasteiger partial charge in [-0.3, -0.25) is 4.79 Å². The van der Waals surface area contributed by atoms with Gasteiger partial charge in [-0.2, -0.15) is 8.78 Å². The summed E-state index contributed by atoms with van der Waals surface area (Å²) in [4.78, 5) is 13.8. The number of ether oxygens (including phenoxy) is 2. The molecule has 0 amide bonds. The van der Waals surface area contributed by atoms with Gasteiger partial charge in [0.1, 0.15) is 5.75 Å². The van der Waals surface area contributed by atoms with Crippen molar-refractivity contribution in [3.05, 3.63) is 35.7 Å². The predicted molar refractivity (Wildman–Crippen MR) is 72.5 cm³/mol. The summed E-state index contributed by atoms with van der Waals surface area (Å²) in [7, 11) is 3.46. The first-order valence-electron chi connectivity index (χ1n) is 5.72. The first kappa shape index (κ1) is 14.8. The van der Waals surface area contributed by atoms with Crippen molar-refractivity contribution < 1.29 is 23.0 Å². The molecule has 2 rings (SSSR count). The van der Waals surface area contributed by atoms with Gasteiger partial charge in [-0.1, -0.05) is 12.1 Å². The maximum atomic E-state index is 12.2. The molecule has 7 heteroatoms. The molecular weight excluding hydrogens is 336 g/mol. The summed E-state index contributed by atoms with van der Waals surface area (Å²) < 4.78 is 34.2. The minimum atomic E-state index is -2.91. The lowest BCUT2D eigenvalue weighted by atomic mass is 10.0. The average molecular weight is 348 g/mol. The molecule has 0 saturated heterocycles. The van der Waals surface area contributed by atoms with Crippen LogP contribution in [0.5, 0.6) is 5.75 Å². The van der Waals surface area contributed by atoms with Gasteiger partial charge >= 0.3 is 6.61 Å². The Morgan fingerprint density at radius 3 is 2.70 bits per heavy atom.